The zero-order valence-corrected chi connectivity index (χ0v) is 34.4. The molecule has 0 spiro atoms. The van der Waals surface area contributed by atoms with E-state index in [0.717, 1.165) is 78.0 Å². The molecule has 0 aliphatic heterocycles. The molecule has 3 nitrogen and oxygen atoms in total. The first-order valence-corrected chi connectivity index (χ1v) is 21.5. The van der Waals surface area contributed by atoms with E-state index < -0.39 is 0 Å². The van der Waals surface area contributed by atoms with E-state index in [1.807, 2.05) is 6.07 Å². The average molecular weight is 805 g/mol. The first kappa shape index (κ1) is 36.5. The number of aromatic nitrogens is 1. The lowest BCUT2D eigenvalue weighted by Crippen LogP contribution is -2.13. The molecule has 0 atom stereocenters. The molecule has 2 heterocycles. The number of anilines is 3. The van der Waals surface area contributed by atoms with Crippen molar-refractivity contribution in [3.8, 4) is 50.2 Å². The topological polar surface area (TPSA) is 21.3 Å². The maximum absolute atomic E-state index is 6.72. The highest BCUT2D eigenvalue weighted by Gasteiger charge is 2.26. The standard InChI is InChI=1S/C60H40N2O/c1-4-20-41(21-5-1)44-38-39-55(51(40-44)43-24-8-3-9-25-43)62-54-34-16-12-29-50(54)59-56(35-19-36-57(59)62)61(52-32-14-10-26-45(52)42-22-6-2-7-23-42)53-33-15-11-27-46(53)48-30-18-31-49-47-28-13-17-37-58(47)63-60(48)49/h1-40H. The summed E-state index contributed by atoms with van der Waals surface area (Å²) in [5.74, 6) is 0. The molecule has 63 heavy (non-hydrogen) atoms. The van der Waals surface area contributed by atoms with Crippen LogP contribution in [-0.4, -0.2) is 4.57 Å². The SMILES string of the molecule is c1ccc(-c2ccc(-n3c4ccccc4c4c(N(c5ccccc5-c5ccccc5)c5ccccc5-c5cccc6c5oc5ccccc56)cccc43)c(-c3ccccc3)c2)cc1. The second-order valence-corrected chi connectivity index (χ2v) is 16.0. The highest BCUT2D eigenvalue weighted by atomic mass is 16.3. The second kappa shape index (κ2) is 15.3. The third-order valence-electron chi connectivity index (χ3n) is 12.4. The Bertz CT molecular complexity index is 3620. The number of para-hydroxylation sites is 5. The Labute approximate surface area is 366 Å². The highest BCUT2D eigenvalue weighted by molar-refractivity contribution is 6.18. The summed E-state index contributed by atoms with van der Waals surface area (Å²) in [7, 11) is 0. The molecule has 0 saturated carbocycles. The first-order chi connectivity index (χ1) is 31.3. The van der Waals surface area contributed by atoms with Crippen molar-refractivity contribution >= 4 is 60.8 Å². The van der Waals surface area contributed by atoms with Gasteiger partial charge in [-0.25, -0.2) is 0 Å². The van der Waals surface area contributed by atoms with Crippen LogP contribution in [0.5, 0.6) is 0 Å². The molecule has 0 unspecified atom stereocenters. The number of nitrogens with zero attached hydrogens (tertiary/aromatic N) is 2. The molecule has 0 amide bonds. The number of hydrogen-bond acceptors (Lipinski definition) is 2. The number of benzene rings is 10. The van der Waals surface area contributed by atoms with Gasteiger partial charge in [-0.3, -0.25) is 0 Å². The van der Waals surface area contributed by atoms with Crippen LogP contribution in [0.2, 0.25) is 0 Å². The normalized spacial score (nSPS) is 11.5. The van der Waals surface area contributed by atoms with Crippen LogP contribution in [0.1, 0.15) is 0 Å². The summed E-state index contributed by atoms with van der Waals surface area (Å²) in [5, 5.41) is 4.56. The van der Waals surface area contributed by atoms with Crippen molar-refractivity contribution in [2.45, 2.75) is 0 Å². The fourth-order valence-corrected chi connectivity index (χ4v) is 9.61. The van der Waals surface area contributed by atoms with Gasteiger partial charge in [-0.2, -0.15) is 0 Å². The largest absolute Gasteiger partial charge is 0.455 e. The summed E-state index contributed by atoms with van der Waals surface area (Å²) in [5.41, 5.74) is 17.5. The molecule has 0 bridgehead atoms. The van der Waals surface area contributed by atoms with Crippen molar-refractivity contribution in [1.82, 2.24) is 4.57 Å². The number of furan rings is 1. The molecule has 12 aromatic rings. The van der Waals surface area contributed by atoms with Gasteiger partial charge in [-0.1, -0.05) is 194 Å². The Kier molecular flexibility index (Phi) is 8.83. The lowest BCUT2D eigenvalue weighted by atomic mass is 9.97. The molecule has 0 aliphatic carbocycles. The van der Waals surface area contributed by atoms with Gasteiger partial charge in [0.05, 0.1) is 33.8 Å². The van der Waals surface area contributed by atoms with Gasteiger partial charge in [0.25, 0.3) is 0 Å². The van der Waals surface area contributed by atoms with Gasteiger partial charge < -0.3 is 13.9 Å². The van der Waals surface area contributed by atoms with Crippen LogP contribution >= 0.6 is 0 Å². The van der Waals surface area contributed by atoms with Gasteiger partial charge in [-0.05, 0) is 70.8 Å². The summed E-state index contributed by atoms with van der Waals surface area (Å²) < 4.78 is 9.19. The Morgan fingerprint density at radius 3 is 1.60 bits per heavy atom. The van der Waals surface area contributed by atoms with E-state index >= 15 is 0 Å². The molecule has 3 heteroatoms. The van der Waals surface area contributed by atoms with E-state index in [1.54, 1.807) is 0 Å². The van der Waals surface area contributed by atoms with E-state index in [9.17, 15) is 0 Å². The average Bonchev–Trinajstić information content (AvgIpc) is 3.92. The van der Waals surface area contributed by atoms with E-state index in [-0.39, 0.29) is 0 Å². The Balaban J connectivity index is 1.16. The quantitative estimate of drug-likeness (QED) is 0.153. The summed E-state index contributed by atoms with van der Waals surface area (Å²) in [4.78, 5) is 2.48. The van der Waals surface area contributed by atoms with Crippen molar-refractivity contribution in [2.75, 3.05) is 4.90 Å². The van der Waals surface area contributed by atoms with Crippen molar-refractivity contribution in [3.63, 3.8) is 0 Å². The van der Waals surface area contributed by atoms with Crippen LogP contribution in [0.4, 0.5) is 17.1 Å². The van der Waals surface area contributed by atoms with Gasteiger partial charge in [0, 0.05) is 43.8 Å². The molecule has 0 saturated heterocycles. The molecule has 0 N–H and O–H groups in total. The minimum Gasteiger partial charge on any atom is -0.455 e. The second-order valence-electron chi connectivity index (χ2n) is 16.0. The lowest BCUT2D eigenvalue weighted by Gasteiger charge is -2.30. The highest BCUT2D eigenvalue weighted by Crippen LogP contribution is 2.50. The minimum absolute atomic E-state index is 0.879. The van der Waals surface area contributed by atoms with Crippen molar-refractivity contribution in [1.29, 1.82) is 0 Å². The Morgan fingerprint density at radius 1 is 0.317 bits per heavy atom. The van der Waals surface area contributed by atoms with E-state index in [2.05, 4.69) is 246 Å². The van der Waals surface area contributed by atoms with Gasteiger partial charge >= 0.3 is 0 Å². The van der Waals surface area contributed by atoms with E-state index in [4.69, 9.17) is 4.42 Å². The van der Waals surface area contributed by atoms with Crippen LogP contribution in [-0.2, 0) is 0 Å². The van der Waals surface area contributed by atoms with Crippen LogP contribution in [0.15, 0.2) is 247 Å². The number of rotatable bonds is 8. The predicted molar refractivity (Wildman–Crippen MR) is 264 cm³/mol. The summed E-state index contributed by atoms with van der Waals surface area (Å²) >= 11 is 0. The summed E-state index contributed by atoms with van der Waals surface area (Å²) in [6, 6.07) is 87.1. The minimum atomic E-state index is 0.879. The molecule has 296 valence electrons. The van der Waals surface area contributed by atoms with Crippen molar-refractivity contribution in [2.24, 2.45) is 0 Å². The third-order valence-corrected chi connectivity index (χ3v) is 12.4. The van der Waals surface area contributed by atoms with Crippen LogP contribution in [0.25, 0.3) is 93.9 Å². The maximum Gasteiger partial charge on any atom is 0.143 e. The molecule has 12 rings (SSSR count). The van der Waals surface area contributed by atoms with Crippen LogP contribution in [0, 0.1) is 0 Å². The zero-order valence-electron chi connectivity index (χ0n) is 34.4. The Morgan fingerprint density at radius 2 is 0.841 bits per heavy atom. The summed E-state index contributed by atoms with van der Waals surface area (Å²) in [6.07, 6.45) is 0. The monoisotopic (exact) mass is 804 g/mol. The predicted octanol–water partition coefficient (Wildman–Crippen LogP) is 16.8. The number of fused-ring (bicyclic) bond motifs is 6. The van der Waals surface area contributed by atoms with Gasteiger partial charge in [0.15, 0.2) is 0 Å². The van der Waals surface area contributed by atoms with Crippen LogP contribution < -0.4 is 4.90 Å². The maximum atomic E-state index is 6.72. The van der Waals surface area contributed by atoms with E-state index in [1.165, 1.54) is 33.0 Å². The summed E-state index contributed by atoms with van der Waals surface area (Å²) in [6.45, 7) is 0. The lowest BCUT2D eigenvalue weighted by molar-refractivity contribution is 0.670. The fraction of sp³-hybridized carbons (Fsp3) is 0. The zero-order chi connectivity index (χ0) is 41.7. The Hall–Kier alpha value is -8.40. The molecular formula is C60H40N2O. The van der Waals surface area contributed by atoms with Gasteiger partial charge in [0.1, 0.15) is 11.2 Å². The van der Waals surface area contributed by atoms with Crippen LogP contribution in [0.3, 0.4) is 0 Å². The molecular weight excluding hydrogens is 765 g/mol. The van der Waals surface area contributed by atoms with Crippen molar-refractivity contribution < 1.29 is 4.42 Å². The molecule has 2 aromatic heterocycles. The smallest absolute Gasteiger partial charge is 0.143 e. The van der Waals surface area contributed by atoms with E-state index in [0.29, 0.717) is 0 Å². The molecule has 0 fully saturated rings. The van der Waals surface area contributed by atoms with Gasteiger partial charge in [-0.15, -0.1) is 0 Å². The van der Waals surface area contributed by atoms with Crippen molar-refractivity contribution in [3.05, 3.63) is 243 Å². The molecule has 0 aliphatic rings. The molecule has 10 aromatic carbocycles. The molecule has 0 radical (unpaired) electrons. The number of hydrogen-bond donors (Lipinski definition) is 0. The third kappa shape index (κ3) is 6.13. The van der Waals surface area contributed by atoms with Gasteiger partial charge in [0.2, 0.25) is 0 Å². The first-order valence-electron chi connectivity index (χ1n) is 21.5. The fourth-order valence-electron chi connectivity index (χ4n) is 9.61.